The Balaban J connectivity index is 1.74. The van der Waals surface area contributed by atoms with E-state index in [9.17, 15) is 19.7 Å². The third-order valence-corrected chi connectivity index (χ3v) is 5.59. The van der Waals surface area contributed by atoms with Crippen molar-refractivity contribution in [3.63, 3.8) is 0 Å². The molecule has 0 saturated heterocycles. The minimum atomic E-state index is -1.00. The average molecular weight is 466 g/mol. The fourth-order valence-corrected chi connectivity index (χ4v) is 3.78. The molecule has 0 radical (unpaired) electrons. The van der Waals surface area contributed by atoms with E-state index in [0.29, 0.717) is 12.1 Å². The number of carbonyl (C=O) groups is 2. The van der Waals surface area contributed by atoms with Crippen LogP contribution in [0.15, 0.2) is 48.5 Å². The van der Waals surface area contributed by atoms with Crippen molar-refractivity contribution in [2.24, 2.45) is 0 Å². The summed E-state index contributed by atoms with van der Waals surface area (Å²) >= 11 is 0. The van der Waals surface area contributed by atoms with Gasteiger partial charge in [-0.05, 0) is 31.9 Å². The van der Waals surface area contributed by atoms with Crippen molar-refractivity contribution in [1.29, 1.82) is 0 Å². The number of nitro benzene ring substituents is 1. The Hall–Kier alpha value is -4.14. The predicted octanol–water partition coefficient (Wildman–Crippen LogP) is 4.31. The van der Waals surface area contributed by atoms with Crippen LogP contribution < -0.4 is 9.47 Å². The van der Waals surface area contributed by atoms with Crippen LogP contribution in [0.5, 0.6) is 11.5 Å². The first-order chi connectivity index (χ1) is 16.3. The minimum absolute atomic E-state index is 0.102. The molecule has 1 heterocycles. The molecule has 0 unspecified atom stereocenters. The van der Waals surface area contributed by atoms with Crippen LogP contribution >= 0.6 is 0 Å². The number of nitro groups is 1. The van der Waals surface area contributed by atoms with Gasteiger partial charge in [-0.1, -0.05) is 30.3 Å². The number of hydrogen-bond donors (Lipinski definition) is 0. The summed E-state index contributed by atoms with van der Waals surface area (Å²) in [6.45, 7) is 3.90. The predicted molar refractivity (Wildman–Crippen MR) is 125 cm³/mol. The topological polar surface area (TPSA) is 110 Å². The molecule has 0 spiro atoms. The van der Waals surface area contributed by atoms with Crippen molar-refractivity contribution >= 4 is 17.4 Å². The van der Waals surface area contributed by atoms with E-state index in [0.717, 1.165) is 23.9 Å². The molecule has 0 atom stereocenters. The first-order valence-corrected chi connectivity index (χ1v) is 10.6. The largest absolute Gasteiger partial charge is 0.493 e. The average Bonchev–Trinajstić information content (AvgIpc) is 3.13. The number of rotatable bonds is 10. The van der Waals surface area contributed by atoms with Crippen LogP contribution in [-0.4, -0.2) is 42.1 Å². The molecule has 0 bridgehead atoms. The summed E-state index contributed by atoms with van der Waals surface area (Å²) in [7, 11) is 2.67. The van der Waals surface area contributed by atoms with E-state index < -0.39 is 29.0 Å². The Bertz CT molecular complexity index is 1220. The highest BCUT2D eigenvalue weighted by Gasteiger charge is 2.27. The van der Waals surface area contributed by atoms with E-state index in [4.69, 9.17) is 14.2 Å². The molecule has 0 aliphatic carbocycles. The number of benzene rings is 2. The Kier molecular flexibility index (Phi) is 7.68. The molecule has 34 heavy (non-hydrogen) atoms. The second kappa shape index (κ2) is 10.7. The highest BCUT2D eigenvalue weighted by molar-refractivity contribution is 6.01. The molecular formula is C25H26N2O7. The number of ketones is 1. The second-order valence-corrected chi connectivity index (χ2v) is 7.65. The van der Waals surface area contributed by atoms with E-state index in [2.05, 4.69) is 0 Å². The lowest BCUT2D eigenvalue weighted by atomic mass is 10.1. The zero-order chi connectivity index (χ0) is 24.8. The van der Waals surface area contributed by atoms with Gasteiger partial charge in [-0.25, -0.2) is 4.79 Å². The molecule has 0 aliphatic rings. The molecule has 2 aromatic carbocycles. The number of nitrogens with zero attached hydrogens (tertiary/aromatic N) is 2. The third kappa shape index (κ3) is 5.25. The van der Waals surface area contributed by atoms with Gasteiger partial charge in [0.1, 0.15) is 5.56 Å². The number of Topliss-reactive ketones (excluding diaryl/α,β-unsaturated/α-hetero) is 1. The minimum Gasteiger partial charge on any atom is -0.493 e. The first-order valence-electron chi connectivity index (χ1n) is 10.6. The van der Waals surface area contributed by atoms with Gasteiger partial charge in [-0.15, -0.1) is 0 Å². The summed E-state index contributed by atoms with van der Waals surface area (Å²) in [5, 5.41) is 11.4. The molecule has 0 fully saturated rings. The Morgan fingerprint density at radius 2 is 1.62 bits per heavy atom. The van der Waals surface area contributed by atoms with Gasteiger partial charge < -0.3 is 18.8 Å². The van der Waals surface area contributed by atoms with Gasteiger partial charge in [0.25, 0.3) is 5.69 Å². The zero-order valence-electron chi connectivity index (χ0n) is 19.5. The van der Waals surface area contributed by atoms with Crippen LogP contribution in [0.4, 0.5) is 5.69 Å². The molecule has 178 valence electrons. The summed E-state index contributed by atoms with van der Waals surface area (Å²) in [5.74, 6) is -1.16. The van der Waals surface area contributed by atoms with Gasteiger partial charge in [0.05, 0.1) is 25.2 Å². The Morgan fingerprint density at radius 3 is 2.24 bits per heavy atom. The summed E-state index contributed by atoms with van der Waals surface area (Å²) in [6, 6.07) is 14.0. The van der Waals surface area contributed by atoms with E-state index in [-0.39, 0.29) is 17.1 Å². The smallest absolute Gasteiger partial charge is 0.345 e. The maximum atomic E-state index is 12.8. The number of carbonyl (C=O) groups excluding carboxylic acids is 2. The lowest BCUT2D eigenvalue weighted by molar-refractivity contribution is -0.385. The SMILES string of the molecule is COc1cc(C(=O)OCC(=O)c2cc(C)n(CCc3ccccc3)c2C)c([N+](=O)[O-])cc1OC. The van der Waals surface area contributed by atoms with Crippen LogP contribution in [-0.2, 0) is 17.7 Å². The molecule has 0 amide bonds. The summed E-state index contributed by atoms with van der Waals surface area (Å²) in [5.41, 5.74) is 2.48. The fraction of sp³-hybridized carbons (Fsp3) is 0.280. The molecule has 0 aliphatic heterocycles. The quantitative estimate of drug-likeness (QED) is 0.189. The van der Waals surface area contributed by atoms with E-state index >= 15 is 0 Å². The standard InChI is InChI=1S/C25H26N2O7/c1-16-12-19(17(2)26(16)11-10-18-8-6-5-7-9-18)22(28)15-34-25(29)20-13-23(32-3)24(33-4)14-21(20)27(30)31/h5-9,12-14H,10-11,15H2,1-4H3. The maximum Gasteiger partial charge on any atom is 0.345 e. The molecule has 9 nitrogen and oxygen atoms in total. The van der Waals surface area contributed by atoms with E-state index in [1.165, 1.54) is 25.8 Å². The Labute approximate surface area is 197 Å². The molecular weight excluding hydrogens is 440 g/mol. The zero-order valence-corrected chi connectivity index (χ0v) is 19.5. The fourth-order valence-electron chi connectivity index (χ4n) is 3.78. The van der Waals surface area contributed by atoms with Gasteiger partial charge >= 0.3 is 5.97 Å². The van der Waals surface area contributed by atoms with Crippen LogP contribution in [0, 0.1) is 24.0 Å². The van der Waals surface area contributed by atoms with Crippen LogP contribution in [0.3, 0.4) is 0 Å². The highest BCUT2D eigenvalue weighted by atomic mass is 16.6. The molecule has 0 N–H and O–H groups in total. The lowest BCUT2D eigenvalue weighted by Crippen LogP contribution is -2.16. The first kappa shape index (κ1) is 24.5. The van der Waals surface area contributed by atoms with E-state index in [1.54, 1.807) is 6.07 Å². The maximum absolute atomic E-state index is 12.8. The number of esters is 1. The van der Waals surface area contributed by atoms with Gasteiger partial charge in [0.15, 0.2) is 18.1 Å². The normalized spacial score (nSPS) is 10.6. The number of aromatic nitrogens is 1. The molecule has 0 saturated carbocycles. The monoisotopic (exact) mass is 466 g/mol. The lowest BCUT2D eigenvalue weighted by Gasteiger charge is -2.11. The number of hydrogen-bond acceptors (Lipinski definition) is 7. The summed E-state index contributed by atoms with van der Waals surface area (Å²) < 4.78 is 17.4. The highest BCUT2D eigenvalue weighted by Crippen LogP contribution is 2.34. The number of methoxy groups -OCH3 is 2. The van der Waals surface area contributed by atoms with Crippen molar-refractivity contribution in [2.75, 3.05) is 20.8 Å². The van der Waals surface area contributed by atoms with Gasteiger partial charge in [0, 0.05) is 29.6 Å². The van der Waals surface area contributed by atoms with Gasteiger partial charge in [-0.3, -0.25) is 14.9 Å². The molecule has 3 rings (SSSR count). The molecule has 3 aromatic rings. The van der Waals surface area contributed by atoms with Crippen molar-refractivity contribution < 1.29 is 28.7 Å². The van der Waals surface area contributed by atoms with Crippen LogP contribution in [0.1, 0.15) is 37.7 Å². The number of ether oxygens (including phenoxy) is 3. The van der Waals surface area contributed by atoms with Gasteiger partial charge in [-0.2, -0.15) is 0 Å². The third-order valence-electron chi connectivity index (χ3n) is 5.59. The summed E-state index contributed by atoms with van der Waals surface area (Å²) in [6.07, 6.45) is 0.808. The van der Waals surface area contributed by atoms with Crippen molar-refractivity contribution in [3.8, 4) is 11.5 Å². The van der Waals surface area contributed by atoms with Crippen molar-refractivity contribution in [3.05, 3.63) is 86.7 Å². The van der Waals surface area contributed by atoms with Crippen LogP contribution in [0.25, 0.3) is 0 Å². The van der Waals surface area contributed by atoms with E-state index in [1.807, 2.05) is 48.7 Å². The summed E-state index contributed by atoms with van der Waals surface area (Å²) in [4.78, 5) is 36.1. The van der Waals surface area contributed by atoms with Gasteiger partial charge in [0.2, 0.25) is 5.78 Å². The molecule has 9 heteroatoms. The number of aryl methyl sites for hydroxylation is 2. The van der Waals surface area contributed by atoms with Crippen molar-refractivity contribution in [1.82, 2.24) is 4.57 Å². The second-order valence-electron chi connectivity index (χ2n) is 7.65. The Morgan fingerprint density at radius 1 is 0.971 bits per heavy atom. The van der Waals surface area contributed by atoms with Crippen molar-refractivity contribution in [2.45, 2.75) is 26.8 Å². The van der Waals surface area contributed by atoms with Crippen LogP contribution in [0.2, 0.25) is 0 Å². The molecule has 1 aromatic heterocycles.